The third kappa shape index (κ3) is 4.85. The first-order valence-electron chi connectivity index (χ1n) is 12.6. The van der Waals surface area contributed by atoms with Crippen LogP contribution in [0.3, 0.4) is 0 Å². The van der Waals surface area contributed by atoms with Crippen molar-refractivity contribution < 1.29 is 17.9 Å². The van der Waals surface area contributed by atoms with Crippen LogP contribution in [0.4, 0.5) is 5.13 Å². The van der Waals surface area contributed by atoms with E-state index in [0.717, 1.165) is 23.1 Å². The average molecular weight is 568 g/mol. The fourth-order valence-corrected chi connectivity index (χ4v) is 7.70. The smallest absolute Gasteiger partial charge is 0.260 e. The number of sulfonamides is 1. The number of fused-ring (bicyclic) bond motifs is 2. The van der Waals surface area contributed by atoms with Gasteiger partial charge in [0.05, 0.1) is 27.3 Å². The molecular weight excluding hydrogens is 542 g/mol. The molecular formula is C28H26ClN3O4S2. The number of para-hydroxylation sites is 1. The number of benzene rings is 3. The van der Waals surface area contributed by atoms with Crippen molar-refractivity contribution in [1.29, 1.82) is 0 Å². The second-order valence-corrected chi connectivity index (χ2v) is 12.9. The number of carbonyl (C=O) groups is 1. The van der Waals surface area contributed by atoms with Crippen LogP contribution in [0.1, 0.15) is 34.3 Å². The molecule has 4 aromatic rings. The molecule has 10 heteroatoms. The zero-order valence-electron chi connectivity index (χ0n) is 20.5. The van der Waals surface area contributed by atoms with E-state index < -0.39 is 10.0 Å². The van der Waals surface area contributed by atoms with Crippen LogP contribution in [-0.4, -0.2) is 49.4 Å². The molecule has 1 unspecified atom stereocenters. The second kappa shape index (κ2) is 10.4. The lowest BCUT2D eigenvalue weighted by atomic mass is 10.0. The lowest BCUT2D eigenvalue weighted by Gasteiger charge is -2.28. The van der Waals surface area contributed by atoms with Gasteiger partial charge in [0.1, 0.15) is 5.52 Å². The largest absolute Gasteiger partial charge is 0.376 e. The molecule has 0 spiro atoms. The van der Waals surface area contributed by atoms with E-state index >= 15 is 0 Å². The Morgan fingerprint density at radius 3 is 2.61 bits per heavy atom. The van der Waals surface area contributed by atoms with Crippen molar-refractivity contribution in [3.8, 4) is 0 Å². The minimum atomic E-state index is -3.70. The van der Waals surface area contributed by atoms with Gasteiger partial charge < -0.3 is 4.74 Å². The third-order valence-corrected chi connectivity index (χ3v) is 10.3. The van der Waals surface area contributed by atoms with Crippen LogP contribution in [0.25, 0.3) is 10.2 Å². The Balaban J connectivity index is 1.27. The summed E-state index contributed by atoms with van der Waals surface area (Å²) in [4.78, 5) is 20.2. The van der Waals surface area contributed by atoms with E-state index in [1.54, 1.807) is 23.1 Å². The fourth-order valence-electron chi connectivity index (χ4n) is 5.01. The first-order chi connectivity index (χ1) is 18.4. The molecule has 196 valence electrons. The van der Waals surface area contributed by atoms with Crippen LogP contribution in [0.15, 0.2) is 71.6 Å². The summed E-state index contributed by atoms with van der Waals surface area (Å²) < 4.78 is 35.0. The molecule has 38 heavy (non-hydrogen) atoms. The number of carbonyl (C=O) groups excluding carboxylic acids is 1. The normalized spacial score (nSPS) is 18.0. The summed E-state index contributed by atoms with van der Waals surface area (Å²) in [6.07, 6.45) is 2.41. The monoisotopic (exact) mass is 567 g/mol. The van der Waals surface area contributed by atoms with E-state index in [2.05, 4.69) is 4.98 Å². The highest BCUT2D eigenvalue weighted by atomic mass is 35.5. The van der Waals surface area contributed by atoms with Crippen LogP contribution in [0.2, 0.25) is 5.02 Å². The Morgan fingerprint density at radius 1 is 1.08 bits per heavy atom. The van der Waals surface area contributed by atoms with E-state index in [9.17, 15) is 13.2 Å². The third-order valence-electron chi connectivity index (χ3n) is 7.08. The highest BCUT2D eigenvalue weighted by Crippen LogP contribution is 2.34. The number of anilines is 1. The van der Waals surface area contributed by atoms with Crippen molar-refractivity contribution in [3.63, 3.8) is 0 Å². The molecule has 6 rings (SSSR count). The van der Waals surface area contributed by atoms with E-state index in [4.69, 9.17) is 16.3 Å². The Labute approximate surface area is 230 Å². The zero-order valence-corrected chi connectivity index (χ0v) is 22.9. The number of rotatable bonds is 6. The van der Waals surface area contributed by atoms with E-state index in [1.165, 1.54) is 33.3 Å². The van der Waals surface area contributed by atoms with E-state index in [-0.39, 0.29) is 16.9 Å². The molecule has 1 amide bonds. The van der Waals surface area contributed by atoms with Gasteiger partial charge in [-0.3, -0.25) is 9.69 Å². The average Bonchev–Trinajstić information content (AvgIpc) is 3.62. The van der Waals surface area contributed by atoms with Crippen LogP contribution >= 0.6 is 22.9 Å². The Hall–Kier alpha value is -2.82. The molecule has 3 aromatic carbocycles. The van der Waals surface area contributed by atoms with Gasteiger partial charge in [-0.1, -0.05) is 53.3 Å². The fraction of sp³-hybridized carbons (Fsp3) is 0.286. The number of thiazole rings is 1. The molecule has 0 aliphatic carbocycles. The molecule has 7 nitrogen and oxygen atoms in total. The van der Waals surface area contributed by atoms with Gasteiger partial charge >= 0.3 is 0 Å². The van der Waals surface area contributed by atoms with Crippen LogP contribution < -0.4 is 4.90 Å². The van der Waals surface area contributed by atoms with Crippen LogP contribution in [0.5, 0.6) is 0 Å². The molecule has 3 heterocycles. The van der Waals surface area contributed by atoms with Crippen LogP contribution in [-0.2, 0) is 27.7 Å². The van der Waals surface area contributed by atoms with E-state index in [1.807, 2.05) is 36.4 Å². The summed E-state index contributed by atoms with van der Waals surface area (Å²) in [5, 5.41) is 1.07. The molecule has 0 N–H and O–H groups in total. The second-order valence-electron chi connectivity index (χ2n) is 9.52. The van der Waals surface area contributed by atoms with Crippen LogP contribution in [0, 0.1) is 0 Å². The number of ether oxygens (including phenoxy) is 1. The Morgan fingerprint density at radius 2 is 1.87 bits per heavy atom. The highest BCUT2D eigenvalue weighted by Gasteiger charge is 2.30. The zero-order chi connectivity index (χ0) is 26.3. The van der Waals surface area contributed by atoms with Gasteiger partial charge in [-0.25, -0.2) is 13.4 Å². The standard InChI is InChI=1S/C28H26ClN3O4S2/c29-24-8-3-9-25-26(24)30-28(37-25)32(18-22-7-4-16-36-22)27(33)20-10-12-23(13-11-20)38(34,35)31-15-14-19-5-1-2-6-21(19)17-31/h1-3,5-6,8-13,22H,4,7,14-18H2. The van der Waals surface area contributed by atoms with Crippen molar-refractivity contribution in [2.45, 2.75) is 36.8 Å². The number of amides is 1. The van der Waals surface area contributed by atoms with Gasteiger partial charge in [-0.2, -0.15) is 4.31 Å². The Bertz CT molecular complexity index is 1600. The number of nitrogens with zero attached hydrogens (tertiary/aromatic N) is 3. The van der Waals surface area contributed by atoms with Crippen molar-refractivity contribution >= 4 is 54.2 Å². The predicted molar refractivity (Wildman–Crippen MR) is 149 cm³/mol. The van der Waals surface area contributed by atoms with Gasteiger partial charge in [0.25, 0.3) is 5.91 Å². The number of aromatic nitrogens is 1. The minimum Gasteiger partial charge on any atom is -0.376 e. The maximum absolute atomic E-state index is 13.7. The molecule has 1 saturated heterocycles. The van der Waals surface area contributed by atoms with Gasteiger partial charge in [-0.05, 0) is 66.8 Å². The molecule has 0 radical (unpaired) electrons. The molecule has 0 saturated carbocycles. The van der Waals surface area contributed by atoms with E-state index in [0.29, 0.717) is 53.9 Å². The maximum Gasteiger partial charge on any atom is 0.260 e. The first-order valence-corrected chi connectivity index (χ1v) is 15.2. The molecule has 1 aromatic heterocycles. The summed E-state index contributed by atoms with van der Waals surface area (Å²) in [6, 6.07) is 19.7. The maximum atomic E-state index is 13.7. The quantitative estimate of drug-likeness (QED) is 0.306. The first kappa shape index (κ1) is 25.5. The minimum absolute atomic E-state index is 0.0805. The molecule has 2 aliphatic heterocycles. The summed E-state index contributed by atoms with van der Waals surface area (Å²) >= 11 is 7.75. The summed E-state index contributed by atoms with van der Waals surface area (Å²) in [5.74, 6) is -0.258. The predicted octanol–water partition coefficient (Wildman–Crippen LogP) is 5.52. The summed E-state index contributed by atoms with van der Waals surface area (Å²) in [7, 11) is -3.70. The molecule has 1 atom stereocenters. The number of hydrogen-bond acceptors (Lipinski definition) is 6. The van der Waals surface area contributed by atoms with Crippen molar-refractivity contribution in [2.24, 2.45) is 0 Å². The van der Waals surface area contributed by atoms with Crippen molar-refractivity contribution in [3.05, 3.63) is 88.4 Å². The lowest BCUT2D eigenvalue weighted by molar-refractivity contribution is 0.0917. The number of hydrogen-bond donors (Lipinski definition) is 0. The lowest BCUT2D eigenvalue weighted by Crippen LogP contribution is -2.37. The molecule has 2 aliphatic rings. The summed E-state index contributed by atoms with van der Waals surface area (Å²) in [5.41, 5.74) is 3.25. The molecule has 1 fully saturated rings. The summed E-state index contributed by atoms with van der Waals surface area (Å²) in [6.45, 7) is 1.80. The topological polar surface area (TPSA) is 79.8 Å². The SMILES string of the molecule is O=C(c1ccc(S(=O)(=O)N2CCc3ccccc3C2)cc1)N(CC1CCCO1)c1nc2c(Cl)cccc2s1. The molecule has 0 bridgehead atoms. The number of halogens is 1. The highest BCUT2D eigenvalue weighted by molar-refractivity contribution is 7.89. The van der Waals surface area contributed by atoms with Crippen molar-refractivity contribution in [1.82, 2.24) is 9.29 Å². The Kier molecular flexibility index (Phi) is 6.96. The van der Waals surface area contributed by atoms with Gasteiger partial charge in [0.2, 0.25) is 10.0 Å². The van der Waals surface area contributed by atoms with Crippen molar-refractivity contribution in [2.75, 3.05) is 24.6 Å². The van der Waals surface area contributed by atoms with Gasteiger partial charge in [0, 0.05) is 25.3 Å². The van der Waals surface area contributed by atoms with Gasteiger partial charge in [-0.15, -0.1) is 0 Å². The van der Waals surface area contributed by atoms with Gasteiger partial charge in [0.15, 0.2) is 5.13 Å².